The average Bonchev–Trinajstić information content (AvgIpc) is 2.65. The van der Waals surface area contributed by atoms with Gasteiger partial charge in [0.25, 0.3) is 5.91 Å². The standard InChI is InChI=1S/C20H21N3O4S/c1-15-6-5-7-16(12-15)13-28(26,27)14-18(20(25)22-11-10-21)23-19(24)17-8-3-2-4-9-17/h2-9,12,18H,11,13-14H2,1H3,(H,22,25)(H,23,24)/t18-/m0/s1. The van der Waals surface area contributed by atoms with Gasteiger partial charge in [0.1, 0.15) is 12.6 Å². The second kappa shape index (κ2) is 9.67. The van der Waals surface area contributed by atoms with Crippen LogP contribution in [0.2, 0.25) is 0 Å². The van der Waals surface area contributed by atoms with Crippen molar-refractivity contribution in [2.75, 3.05) is 12.3 Å². The van der Waals surface area contributed by atoms with Crippen LogP contribution in [-0.2, 0) is 20.4 Å². The molecule has 2 N–H and O–H groups in total. The highest BCUT2D eigenvalue weighted by molar-refractivity contribution is 7.90. The minimum absolute atomic E-state index is 0.252. The molecule has 0 aliphatic heterocycles. The summed E-state index contributed by atoms with van der Waals surface area (Å²) in [5, 5.41) is 13.4. The van der Waals surface area contributed by atoms with Gasteiger partial charge in [-0.1, -0.05) is 48.0 Å². The molecule has 2 rings (SSSR count). The highest BCUT2D eigenvalue weighted by Gasteiger charge is 2.27. The Bertz CT molecular complexity index is 982. The lowest BCUT2D eigenvalue weighted by molar-refractivity contribution is -0.122. The quantitative estimate of drug-likeness (QED) is 0.650. The van der Waals surface area contributed by atoms with Gasteiger partial charge in [-0.25, -0.2) is 8.42 Å². The van der Waals surface area contributed by atoms with E-state index in [-0.39, 0.29) is 12.3 Å². The van der Waals surface area contributed by atoms with Crippen LogP contribution in [0.1, 0.15) is 21.5 Å². The molecule has 0 aliphatic rings. The van der Waals surface area contributed by atoms with E-state index >= 15 is 0 Å². The van der Waals surface area contributed by atoms with Crippen molar-refractivity contribution < 1.29 is 18.0 Å². The topological polar surface area (TPSA) is 116 Å². The van der Waals surface area contributed by atoms with Gasteiger partial charge in [0.15, 0.2) is 9.84 Å². The number of nitrogens with zero attached hydrogens (tertiary/aromatic N) is 1. The Labute approximate surface area is 164 Å². The van der Waals surface area contributed by atoms with Crippen molar-refractivity contribution in [3.05, 3.63) is 71.3 Å². The van der Waals surface area contributed by atoms with Gasteiger partial charge in [-0.2, -0.15) is 5.26 Å². The Morgan fingerprint density at radius 1 is 1.11 bits per heavy atom. The summed E-state index contributed by atoms with van der Waals surface area (Å²) in [6, 6.07) is 15.7. The van der Waals surface area contributed by atoms with Crippen LogP contribution >= 0.6 is 0 Å². The maximum Gasteiger partial charge on any atom is 0.251 e. The zero-order chi connectivity index (χ0) is 20.6. The summed E-state index contributed by atoms with van der Waals surface area (Å²) in [5.41, 5.74) is 1.83. The summed E-state index contributed by atoms with van der Waals surface area (Å²) in [6.45, 7) is 1.57. The molecule has 0 aliphatic carbocycles. The fraction of sp³-hybridized carbons (Fsp3) is 0.250. The number of nitrogens with one attached hydrogen (secondary N) is 2. The summed E-state index contributed by atoms with van der Waals surface area (Å²) in [7, 11) is -3.71. The average molecular weight is 399 g/mol. The van der Waals surface area contributed by atoms with Crippen LogP contribution in [0.25, 0.3) is 0 Å². The molecular weight excluding hydrogens is 378 g/mol. The zero-order valence-corrected chi connectivity index (χ0v) is 16.2. The molecule has 0 fully saturated rings. The molecule has 8 heteroatoms. The van der Waals surface area contributed by atoms with Crippen LogP contribution in [0.4, 0.5) is 0 Å². The number of hydrogen-bond donors (Lipinski definition) is 2. The Morgan fingerprint density at radius 3 is 2.46 bits per heavy atom. The third-order valence-electron chi connectivity index (χ3n) is 3.89. The molecule has 1 atom stereocenters. The number of sulfone groups is 1. The lowest BCUT2D eigenvalue weighted by Crippen LogP contribution is -2.50. The zero-order valence-electron chi connectivity index (χ0n) is 15.4. The summed E-state index contributed by atoms with van der Waals surface area (Å²) in [4.78, 5) is 24.7. The number of nitriles is 1. The molecule has 2 amide bonds. The van der Waals surface area contributed by atoms with Crippen molar-refractivity contribution in [3.63, 3.8) is 0 Å². The van der Waals surface area contributed by atoms with Gasteiger partial charge in [0, 0.05) is 5.56 Å². The summed E-state index contributed by atoms with van der Waals surface area (Å²) in [5.74, 6) is -2.11. The number of carbonyl (C=O) groups is 2. The molecular formula is C20H21N3O4S. The van der Waals surface area contributed by atoms with E-state index < -0.39 is 33.4 Å². The monoisotopic (exact) mass is 399 g/mol. The normalized spacial score (nSPS) is 11.9. The van der Waals surface area contributed by atoms with Crippen LogP contribution in [-0.4, -0.2) is 38.6 Å². The largest absolute Gasteiger partial charge is 0.341 e. The van der Waals surface area contributed by atoms with Gasteiger partial charge in [-0.15, -0.1) is 0 Å². The molecule has 0 aromatic heterocycles. The molecule has 0 saturated carbocycles. The highest BCUT2D eigenvalue weighted by atomic mass is 32.2. The molecule has 0 heterocycles. The highest BCUT2D eigenvalue weighted by Crippen LogP contribution is 2.11. The first kappa shape index (κ1) is 21.1. The molecule has 7 nitrogen and oxygen atoms in total. The summed E-state index contributed by atoms with van der Waals surface area (Å²) >= 11 is 0. The predicted octanol–water partition coefficient (Wildman–Crippen LogP) is 1.35. The van der Waals surface area contributed by atoms with E-state index in [4.69, 9.17) is 5.26 Å². The maximum absolute atomic E-state index is 12.6. The Kier molecular flexibility index (Phi) is 7.29. The molecule has 0 bridgehead atoms. The summed E-state index contributed by atoms with van der Waals surface area (Å²) < 4.78 is 25.2. The van der Waals surface area contributed by atoms with Gasteiger partial charge in [-0.05, 0) is 24.6 Å². The van der Waals surface area contributed by atoms with Crippen LogP contribution in [0.5, 0.6) is 0 Å². The molecule has 0 radical (unpaired) electrons. The van der Waals surface area contributed by atoms with Gasteiger partial charge >= 0.3 is 0 Å². The Balaban J connectivity index is 2.17. The molecule has 28 heavy (non-hydrogen) atoms. The van der Waals surface area contributed by atoms with Gasteiger partial charge in [-0.3, -0.25) is 9.59 Å². The van der Waals surface area contributed by atoms with Crippen molar-refractivity contribution in [2.45, 2.75) is 18.7 Å². The molecule has 0 spiro atoms. The van der Waals surface area contributed by atoms with Crippen LogP contribution in [0.15, 0.2) is 54.6 Å². The minimum Gasteiger partial charge on any atom is -0.341 e. The second-order valence-corrected chi connectivity index (χ2v) is 8.42. The van der Waals surface area contributed by atoms with E-state index in [0.717, 1.165) is 5.56 Å². The predicted molar refractivity (Wildman–Crippen MR) is 105 cm³/mol. The van der Waals surface area contributed by atoms with Gasteiger partial charge in [0.2, 0.25) is 5.91 Å². The lowest BCUT2D eigenvalue weighted by atomic mass is 10.2. The summed E-state index contributed by atoms with van der Waals surface area (Å²) in [6.07, 6.45) is 0. The third-order valence-corrected chi connectivity index (χ3v) is 5.50. The van der Waals surface area contributed by atoms with E-state index in [0.29, 0.717) is 11.1 Å². The van der Waals surface area contributed by atoms with Crippen molar-refractivity contribution in [1.29, 1.82) is 5.26 Å². The number of amides is 2. The van der Waals surface area contributed by atoms with Crippen molar-refractivity contribution in [3.8, 4) is 6.07 Å². The first-order valence-electron chi connectivity index (χ1n) is 8.57. The molecule has 0 saturated heterocycles. The molecule has 2 aromatic rings. The van der Waals surface area contributed by atoms with Gasteiger partial charge in [0.05, 0.1) is 17.6 Å². The molecule has 146 valence electrons. The fourth-order valence-corrected chi connectivity index (χ4v) is 4.18. The first-order valence-corrected chi connectivity index (χ1v) is 10.4. The number of benzene rings is 2. The molecule has 2 aromatic carbocycles. The van der Waals surface area contributed by atoms with E-state index in [2.05, 4.69) is 10.6 Å². The van der Waals surface area contributed by atoms with E-state index in [1.807, 2.05) is 13.0 Å². The second-order valence-electron chi connectivity index (χ2n) is 6.31. The van der Waals surface area contributed by atoms with Crippen molar-refractivity contribution in [2.24, 2.45) is 0 Å². The van der Waals surface area contributed by atoms with Crippen LogP contribution in [0.3, 0.4) is 0 Å². The van der Waals surface area contributed by atoms with Crippen molar-refractivity contribution >= 4 is 21.7 Å². The van der Waals surface area contributed by atoms with Crippen LogP contribution < -0.4 is 10.6 Å². The SMILES string of the molecule is Cc1cccc(CS(=O)(=O)C[C@H](NC(=O)c2ccccc2)C(=O)NCC#N)c1. The van der Waals surface area contributed by atoms with Crippen LogP contribution in [0, 0.1) is 18.3 Å². The third kappa shape index (κ3) is 6.52. The number of aryl methyl sites for hydroxylation is 1. The fourth-order valence-electron chi connectivity index (χ4n) is 2.63. The van der Waals surface area contributed by atoms with Gasteiger partial charge < -0.3 is 10.6 Å². The number of rotatable bonds is 8. The smallest absolute Gasteiger partial charge is 0.251 e. The lowest BCUT2D eigenvalue weighted by Gasteiger charge is -2.18. The number of carbonyl (C=O) groups excluding carboxylic acids is 2. The number of hydrogen-bond acceptors (Lipinski definition) is 5. The van der Waals surface area contributed by atoms with E-state index in [9.17, 15) is 18.0 Å². The maximum atomic E-state index is 12.6. The Hall–Kier alpha value is -3.18. The minimum atomic E-state index is -3.71. The van der Waals surface area contributed by atoms with E-state index in [1.165, 1.54) is 0 Å². The molecule has 0 unspecified atom stereocenters. The van der Waals surface area contributed by atoms with E-state index in [1.54, 1.807) is 54.6 Å². The Morgan fingerprint density at radius 2 is 1.82 bits per heavy atom. The first-order chi connectivity index (χ1) is 13.3. The van der Waals surface area contributed by atoms with Crippen molar-refractivity contribution in [1.82, 2.24) is 10.6 Å².